The maximum absolute atomic E-state index is 14.3. The molecule has 0 saturated heterocycles. The molecular formula is C31H30N4O6. The maximum Gasteiger partial charge on any atom is 0.259 e. The molecule has 2 aliphatic rings. The number of anilines is 1. The fourth-order valence-corrected chi connectivity index (χ4v) is 5.15. The van der Waals surface area contributed by atoms with Gasteiger partial charge >= 0.3 is 0 Å². The summed E-state index contributed by atoms with van der Waals surface area (Å²) in [5.41, 5.74) is 2.15. The number of aliphatic hydroxyl groups excluding tert-OH is 1. The van der Waals surface area contributed by atoms with Gasteiger partial charge in [0, 0.05) is 36.3 Å². The molecule has 0 bridgehead atoms. The van der Waals surface area contributed by atoms with E-state index in [0.717, 1.165) is 28.1 Å². The number of para-hydroxylation sites is 1. The van der Waals surface area contributed by atoms with E-state index < -0.39 is 11.6 Å². The van der Waals surface area contributed by atoms with Crippen molar-refractivity contribution in [3.8, 4) is 23.0 Å². The van der Waals surface area contributed by atoms with Crippen molar-refractivity contribution < 1.29 is 28.6 Å². The van der Waals surface area contributed by atoms with Crippen molar-refractivity contribution >= 4 is 17.5 Å². The number of fused-ring (bicyclic) bond motifs is 1. The predicted octanol–water partition coefficient (Wildman–Crippen LogP) is 4.20. The monoisotopic (exact) mass is 554 g/mol. The highest BCUT2D eigenvalue weighted by atomic mass is 16.5. The minimum absolute atomic E-state index is 0.0768. The number of amides is 1. The number of hydrogen-bond donors (Lipinski definition) is 1. The molecule has 3 aromatic carbocycles. The highest BCUT2D eigenvalue weighted by Crippen LogP contribution is 2.41. The summed E-state index contributed by atoms with van der Waals surface area (Å²) in [7, 11) is 1.61. The van der Waals surface area contributed by atoms with Gasteiger partial charge in [0.2, 0.25) is 5.90 Å². The topological polar surface area (TPSA) is 120 Å². The highest BCUT2D eigenvalue weighted by Gasteiger charge is 2.55. The molecule has 10 heteroatoms. The lowest BCUT2D eigenvalue weighted by Gasteiger charge is -2.39. The van der Waals surface area contributed by atoms with Crippen LogP contribution in [0.1, 0.15) is 30.3 Å². The van der Waals surface area contributed by atoms with Crippen LogP contribution < -0.4 is 14.4 Å². The van der Waals surface area contributed by atoms with Crippen LogP contribution in [0, 0.1) is 0 Å². The van der Waals surface area contributed by atoms with E-state index in [4.69, 9.17) is 28.8 Å². The van der Waals surface area contributed by atoms with Crippen LogP contribution in [0.3, 0.4) is 0 Å². The van der Waals surface area contributed by atoms with E-state index >= 15 is 0 Å². The van der Waals surface area contributed by atoms with Crippen LogP contribution >= 0.6 is 0 Å². The van der Waals surface area contributed by atoms with Crippen molar-refractivity contribution in [2.75, 3.05) is 25.2 Å². The number of aliphatic imine (C=N–C) groups is 1. The van der Waals surface area contributed by atoms with E-state index in [-0.39, 0.29) is 19.1 Å². The molecule has 0 saturated carbocycles. The van der Waals surface area contributed by atoms with Crippen LogP contribution in [0.5, 0.6) is 11.5 Å². The van der Waals surface area contributed by atoms with Crippen LogP contribution in [0.25, 0.3) is 11.5 Å². The van der Waals surface area contributed by atoms with Gasteiger partial charge < -0.3 is 28.7 Å². The molecule has 0 fully saturated rings. The number of ether oxygens (including phenoxy) is 3. The molecule has 4 aromatic rings. The summed E-state index contributed by atoms with van der Waals surface area (Å²) in [6, 6.07) is 22.5. The van der Waals surface area contributed by atoms with Crippen molar-refractivity contribution in [3.63, 3.8) is 0 Å². The van der Waals surface area contributed by atoms with E-state index in [1.54, 1.807) is 12.0 Å². The average molecular weight is 555 g/mol. The number of aliphatic hydroxyl groups is 1. The molecule has 10 nitrogen and oxygen atoms in total. The standard InChI is InChI=1S/C31H30N4O6/c1-20-31(33-29(40-20)22-10-14-25(15-11-22)39-17-5-16-36)18-23-6-3-4-7-26(23)35(30(31)37)19-27-32-28(41-34-27)21-8-12-24(38-2)13-9-21/h3-4,6-15,20,36H,5,16-19H2,1-2H3/t20-,31-/m0/s1. The first-order chi connectivity index (χ1) is 20.0. The minimum atomic E-state index is -1.14. The molecule has 41 heavy (non-hydrogen) atoms. The number of carbonyl (C=O) groups is 1. The van der Waals surface area contributed by atoms with Crippen LogP contribution in [0.4, 0.5) is 5.69 Å². The molecule has 1 spiro atoms. The summed E-state index contributed by atoms with van der Waals surface area (Å²) >= 11 is 0. The minimum Gasteiger partial charge on any atom is -0.497 e. The molecule has 0 aliphatic carbocycles. The van der Waals surface area contributed by atoms with E-state index in [9.17, 15) is 4.79 Å². The van der Waals surface area contributed by atoms with Crippen LogP contribution in [-0.2, 0) is 22.5 Å². The number of hydrogen-bond acceptors (Lipinski definition) is 9. The van der Waals surface area contributed by atoms with Gasteiger partial charge in [0.25, 0.3) is 11.8 Å². The zero-order valence-corrected chi connectivity index (χ0v) is 22.8. The molecule has 1 N–H and O–H groups in total. The highest BCUT2D eigenvalue weighted by molar-refractivity contribution is 6.08. The number of carbonyl (C=O) groups excluding carboxylic acids is 1. The number of aromatic nitrogens is 2. The van der Waals surface area contributed by atoms with Gasteiger partial charge in [-0.25, -0.2) is 4.99 Å². The molecule has 0 unspecified atom stereocenters. The summed E-state index contributed by atoms with van der Waals surface area (Å²) in [6.07, 6.45) is 0.473. The van der Waals surface area contributed by atoms with E-state index in [1.165, 1.54) is 0 Å². The molecule has 0 radical (unpaired) electrons. The quantitative estimate of drug-likeness (QED) is 0.306. The third kappa shape index (κ3) is 5.02. The molecule has 2 aliphatic heterocycles. The third-order valence-corrected chi connectivity index (χ3v) is 7.40. The molecule has 1 aromatic heterocycles. The lowest BCUT2D eigenvalue weighted by molar-refractivity contribution is -0.126. The zero-order valence-electron chi connectivity index (χ0n) is 22.8. The van der Waals surface area contributed by atoms with Gasteiger partial charge in [-0.2, -0.15) is 4.98 Å². The summed E-state index contributed by atoms with van der Waals surface area (Å²) in [4.78, 5) is 25.4. The Morgan fingerprint density at radius 1 is 1.02 bits per heavy atom. The van der Waals surface area contributed by atoms with Gasteiger partial charge in [-0.05, 0) is 67.1 Å². The van der Waals surface area contributed by atoms with Gasteiger partial charge in [0.05, 0.1) is 20.3 Å². The normalized spacial score (nSPS) is 19.6. The Kier molecular flexibility index (Phi) is 7.15. The molecule has 210 valence electrons. The summed E-state index contributed by atoms with van der Waals surface area (Å²) in [6.45, 7) is 2.50. The Morgan fingerprint density at radius 3 is 2.51 bits per heavy atom. The Labute approximate surface area is 237 Å². The van der Waals surface area contributed by atoms with Crippen molar-refractivity contribution in [2.45, 2.75) is 38.0 Å². The lowest BCUT2D eigenvalue weighted by Crippen LogP contribution is -2.57. The Morgan fingerprint density at radius 2 is 1.76 bits per heavy atom. The summed E-state index contributed by atoms with van der Waals surface area (Å²) < 4.78 is 22.6. The Balaban J connectivity index is 1.28. The SMILES string of the molecule is COc1ccc(-c2nc(CN3C(=O)[C@@]4(Cc5ccccc53)N=C(c3ccc(OCCCO)cc3)O[C@H]4C)no2)cc1. The predicted molar refractivity (Wildman–Crippen MR) is 151 cm³/mol. The molecule has 6 rings (SSSR count). The first-order valence-corrected chi connectivity index (χ1v) is 13.5. The number of benzene rings is 3. The molecule has 2 atom stereocenters. The second-order valence-corrected chi connectivity index (χ2v) is 9.99. The van der Waals surface area contributed by atoms with E-state index in [1.807, 2.05) is 79.7 Å². The second-order valence-electron chi connectivity index (χ2n) is 9.99. The van der Waals surface area contributed by atoms with Gasteiger partial charge in [0.1, 0.15) is 17.6 Å². The maximum atomic E-state index is 14.3. The number of rotatable bonds is 9. The third-order valence-electron chi connectivity index (χ3n) is 7.40. The van der Waals surface area contributed by atoms with Gasteiger partial charge in [0.15, 0.2) is 11.4 Å². The Bertz CT molecular complexity index is 1570. The number of nitrogens with zero attached hydrogens (tertiary/aromatic N) is 4. The van der Waals surface area contributed by atoms with Gasteiger partial charge in [-0.3, -0.25) is 4.79 Å². The van der Waals surface area contributed by atoms with Crippen LogP contribution in [-0.4, -0.2) is 59.0 Å². The van der Waals surface area contributed by atoms with E-state index in [2.05, 4.69) is 10.1 Å². The van der Waals surface area contributed by atoms with Crippen molar-refractivity contribution in [2.24, 2.45) is 4.99 Å². The smallest absolute Gasteiger partial charge is 0.259 e. The fourth-order valence-electron chi connectivity index (χ4n) is 5.15. The van der Waals surface area contributed by atoms with Crippen molar-refractivity contribution in [1.29, 1.82) is 0 Å². The van der Waals surface area contributed by atoms with E-state index in [0.29, 0.717) is 42.8 Å². The first-order valence-electron chi connectivity index (χ1n) is 13.5. The summed E-state index contributed by atoms with van der Waals surface area (Å²) in [5.74, 6) is 2.38. The largest absolute Gasteiger partial charge is 0.497 e. The lowest BCUT2D eigenvalue weighted by atomic mass is 9.81. The van der Waals surface area contributed by atoms with Crippen molar-refractivity contribution in [3.05, 3.63) is 89.7 Å². The van der Waals surface area contributed by atoms with Crippen LogP contribution in [0.2, 0.25) is 0 Å². The van der Waals surface area contributed by atoms with Gasteiger partial charge in [-0.15, -0.1) is 0 Å². The molecule has 1 amide bonds. The zero-order chi connectivity index (χ0) is 28.4. The average Bonchev–Trinajstić information content (AvgIpc) is 3.61. The molecule has 3 heterocycles. The first kappa shape index (κ1) is 26.5. The van der Waals surface area contributed by atoms with Crippen LogP contribution in [0.15, 0.2) is 82.3 Å². The second kappa shape index (κ2) is 11.1. The molecular weight excluding hydrogens is 524 g/mol. The van der Waals surface area contributed by atoms with Gasteiger partial charge in [-0.1, -0.05) is 23.4 Å². The number of methoxy groups -OCH3 is 1. The fraction of sp³-hybridized carbons (Fsp3) is 0.290. The van der Waals surface area contributed by atoms with Crippen molar-refractivity contribution in [1.82, 2.24) is 10.1 Å². The summed E-state index contributed by atoms with van der Waals surface area (Å²) in [5, 5.41) is 13.1. The Hall–Kier alpha value is -4.70.